The highest BCUT2D eigenvalue weighted by Crippen LogP contribution is 1.85. The van der Waals surface area contributed by atoms with Crippen molar-refractivity contribution in [2.45, 2.75) is 6.04 Å². The molecule has 0 rings (SSSR count). The van der Waals surface area contributed by atoms with Crippen molar-refractivity contribution in [3.05, 3.63) is 12.2 Å². The van der Waals surface area contributed by atoms with E-state index < -0.39 is 30.5 Å². The van der Waals surface area contributed by atoms with Gasteiger partial charge >= 0.3 is 11.9 Å². The molecule has 14 heavy (non-hydrogen) atoms. The normalized spacial score (nSPS) is 12.4. The van der Waals surface area contributed by atoms with Crippen LogP contribution in [0.1, 0.15) is 0 Å². The van der Waals surface area contributed by atoms with E-state index in [1.54, 1.807) is 0 Å². The van der Waals surface area contributed by atoms with E-state index in [9.17, 15) is 14.4 Å². The number of esters is 1. The Bertz CT molecular complexity index is 273. The van der Waals surface area contributed by atoms with E-state index in [2.05, 4.69) is 4.74 Å². The first-order valence-electron chi connectivity index (χ1n) is 3.56. The Hall–Kier alpha value is -1.89. The molecular weight excluding hydrogens is 192 g/mol. The first-order valence-corrected chi connectivity index (χ1v) is 3.56. The van der Waals surface area contributed by atoms with E-state index in [1.165, 1.54) is 0 Å². The van der Waals surface area contributed by atoms with Crippen molar-refractivity contribution in [1.29, 1.82) is 0 Å². The molecule has 0 saturated carbocycles. The molecule has 0 aliphatic carbocycles. The van der Waals surface area contributed by atoms with Crippen molar-refractivity contribution < 1.29 is 24.2 Å². The molecule has 0 aliphatic heterocycles. The number of amides is 1. The smallest absolute Gasteiger partial charge is 0.331 e. The summed E-state index contributed by atoms with van der Waals surface area (Å²) in [5.74, 6) is -2.96. The van der Waals surface area contributed by atoms with Gasteiger partial charge in [-0.2, -0.15) is 0 Å². The highest BCUT2D eigenvalue weighted by atomic mass is 16.5. The Kier molecular flexibility index (Phi) is 4.93. The summed E-state index contributed by atoms with van der Waals surface area (Å²) in [4.78, 5) is 31.0. The molecule has 0 aliphatic rings. The van der Waals surface area contributed by atoms with Crippen LogP contribution in [0.15, 0.2) is 12.2 Å². The lowest BCUT2D eigenvalue weighted by atomic mass is 10.3. The Morgan fingerprint density at radius 2 is 1.93 bits per heavy atom. The average Bonchev–Trinajstić information content (AvgIpc) is 2.10. The van der Waals surface area contributed by atoms with Gasteiger partial charge in [0.05, 0.1) is 0 Å². The van der Waals surface area contributed by atoms with E-state index in [-0.39, 0.29) is 0 Å². The van der Waals surface area contributed by atoms with Crippen molar-refractivity contribution in [1.82, 2.24) is 0 Å². The predicted octanol–water partition coefficient (Wildman–Crippen LogP) is -2.02. The largest absolute Gasteiger partial charge is 0.480 e. The molecule has 0 saturated heterocycles. The summed E-state index contributed by atoms with van der Waals surface area (Å²) in [6, 6.07) is -1.28. The van der Waals surface area contributed by atoms with Crippen LogP contribution >= 0.6 is 0 Å². The standard InChI is InChI=1S/C7H10N2O5/c8-4(7(12)13)3-14-6(11)2-1-5(9)10/h1-2,4H,3,8H2,(H2,9,10)(H,12,13)/t4-/m0/s1. The highest BCUT2D eigenvalue weighted by Gasteiger charge is 2.12. The summed E-state index contributed by atoms with van der Waals surface area (Å²) in [6.07, 6.45) is 1.59. The molecule has 0 radical (unpaired) electrons. The van der Waals surface area contributed by atoms with Crippen LogP contribution in [-0.4, -0.2) is 35.6 Å². The minimum absolute atomic E-state index is 0.461. The molecule has 5 N–H and O–H groups in total. The van der Waals surface area contributed by atoms with Crippen LogP contribution in [0, 0.1) is 0 Å². The lowest BCUT2D eigenvalue weighted by Gasteiger charge is -2.05. The van der Waals surface area contributed by atoms with E-state index in [0.29, 0.717) is 0 Å². The summed E-state index contributed by atoms with van der Waals surface area (Å²) >= 11 is 0. The first kappa shape index (κ1) is 12.1. The lowest BCUT2D eigenvalue weighted by molar-refractivity contribution is -0.144. The quantitative estimate of drug-likeness (QED) is 0.348. The maximum absolute atomic E-state index is 10.7. The molecular formula is C7H10N2O5. The second kappa shape index (κ2) is 5.70. The zero-order chi connectivity index (χ0) is 11.1. The summed E-state index contributed by atoms with van der Waals surface area (Å²) < 4.78 is 4.38. The fourth-order valence-electron chi connectivity index (χ4n) is 0.441. The molecule has 0 aromatic rings. The number of rotatable bonds is 5. The Morgan fingerprint density at radius 1 is 1.36 bits per heavy atom. The van der Waals surface area contributed by atoms with E-state index in [0.717, 1.165) is 12.2 Å². The number of primary amides is 1. The number of carbonyl (C=O) groups excluding carboxylic acids is 2. The minimum atomic E-state index is -1.28. The highest BCUT2D eigenvalue weighted by molar-refractivity contribution is 5.93. The fourth-order valence-corrected chi connectivity index (χ4v) is 0.441. The van der Waals surface area contributed by atoms with Gasteiger partial charge in [-0.25, -0.2) is 4.79 Å². The van der Waals surface area contributed by atoms with E-state index in [4.69, 9.17) is 16.6 Å². The van der Waals surface area contributed by atoms with Gasteiger partial charge in [0.25, 0.3) is 0 Å². The number of hydrogen-bond donors (Lipinski definition) is 3. The van der Waals surface area contributed by atoms with Crippen LogP contribution in [0.3, 0.4) is 0 Å². The van der Waals surface area contributed by atoms with E-state index in [1.807, 2.05) is 0 Å². The van der Waals surface area contributed by atoms with Gasteiger partial charge in [0.15, 0.2) is 0 Å². The predicted molar refractivity (Wildman–Crippen MR) is 44.9 cm³/mol. The minimum Gasteiger partial charge on any atom is -0.480 e. The van der Waals surface area contributed by atoms with E-state index >= 15 is 0 Å². The van der Waals surface area contributed by atoms with Gasteiger partial charge in [0.2, 0.25) is 5.91 Å². The number of carboxylic acid groups (broad SMARTS) is 1. The van der Waals surface area contributed by atoms with Crippen molar-refractivity contribution >= 4 is 17.8 Å². The zero-order valence-corrected chi connectivity index (χ0v) is 7.17. The fraction of sp³-hybridized carbons (Fsp3) is 0.286. The summed E-state index contributed by atoms with van der Waals surface area (Å²) in [6.45, 7) is -0.461. The monoisotopic (exact) mass is 202 g/mol. The van der Waals surface area contributed by atoms with Gasteiger partial charge in [-0.1, -0.05) is 0 Å². The maximum atomic E-state index is 10.7. The van der Waals surface area contributed by atoms with Crippen molar-refractivity contribution in [2.75, 3.05) is 6.61 Å². The third kappa shape index (κ3) is 5.72. The zero-order valence-electron chi connectivity index (χ0n) is 7.17. The summed E-state index contributed by atoms with van der Waals surface area (Å²) in [5, 5.41) is 8.30. The van der Waals surface area contributed by atoms with Crippen LogP contribution in [0.5, 0.6) is 0 Å². The van der Waals surface area contributed by atoms with Gasteiger partial charge in [0, 0.05) is 12.2 Å². The number of aliphatic carboxylic acids is 1. The molecule has 7 nitrogen and oxygen atoms in total. The van der Waals surface area contributed by atoms with Gasteiger partial charge in [-0.3, -0.25) is 9.59 Å². The average molecular weight is 202 g/mol. The SMILES string of the molecule is NC(=O)C=CC(=O)OC[C@H](N)C(=O)O. The Balaban J connectivity index is 3.86. The summed E-state index contributed by atoms with van der Waals surface area (Å²) in [7, 11) is 0. The number of ether oxygens (including phenoxy) is 1. The topological polar surface area (TPSA) is 133 Å². The van der Waals surface area contributed by atoms with Crippen LogP contribution in [0.4, 0.5) is 0 Å². The molecule has 78 valence electrons. The van der Waals surface area contributed by atoms with Crippen molar-refractivity contribution in [2.24, 2.45) is 11.5 Å². The molecule has 1 atom stereocenters. The number of carboxylic acids is 1. The molecule has 0 heterocycles. The molecule has 7 heteroatoms. The van der Waals surface area contributed by atoms with Gasteiger partial charge in [0.1, 0.15) is 12.6 Å². The van der Waals surface area contributed by atoms with Gasteiger partial charge < -0.3 is 21.3 Å². The van der Waals surface area contributed by atoms with Crippen LogP contribution in [0.2, 0.25) is 0 Å². The second-order valence-corrected chi connectivity index (χ2v) is 2.31. The van der Waals surface area contributed by atoms with Crippen LogP contribution < -0.4 is 11.5 Å². The third-order valence-electron chi connectivity index (χ3n) is 1.11. The maximum Gasteiger partial charge on any atom is 0.331 e. The van der Waals surface area contributed by atoms with Crippen LogP contribution in [-0.2, 0) is 19.1 Å². The van der Waals surface area contributed by atoms with Crippen molar-refractivity contribution in [3.63, 3.8) is 0 Å². The van der Waals surface area contributed by atoms with Crippen LogP contribution in [0.25, 0.3) is 0 Å². The van der Waals surface area contributed by atoms with Gasteiger partial charge in [-0.15, -0.1) is 0 Å². The van der Waals surface area contributed by atoms with Gasteiger partial charge in [-0.05, 0) is 0 Å². The molecule has 1 amide bonds. The molecule has 0 aromatic heterocycles. The third-order valence-corrected chi connectivity index (χ3v) is 1.11. The van der Waals surface area contributed by atoms with Crippen molar-refractivity contribution in [3.8, 4) is 0 Å². The Labute approximate surface area is 79.3 Å². The summed E-state index contributed by atoms with van der Waals surface area (Å²) in [5.41, 5.74) is 9.72. The molecule has 0 bridgehead atoms. The molecule has 0 aromatic carbocycles. The lowest BCUT2D eigenvalue weighted by Crippen LogP contribution is -2.35. The number of hydrogen-bond acceptors (Lipinski definition) is 5. The molecule has 0 spiro atoms. The number of carbonyl (C=O) groups is 3. The molecule has 0 fully saturated rings. The Morgan fingerprint density at radius 3 is 2.36 bits per heavy atom. The molecule has 0 unspecified atom stereocenters. The number of nitrogens with two attached hydrogens (primary N) is 2. The first-order chi connectivity index (χ1) is 6.43. The second-order valence-electron chi connectivity index (χ2n) is 2.31.